The highest BCUT2D eigenvalue weighted by atomic mass is 32.1. The van der Waals surface area contributed by atoms with Crippen LogP contribution in [0.15, 0.2) is 47.8 Å². The van der Waals surface area contributed by atoms with E-state index in [1.54, 1.807) is 11.3 Å². The van der Waals surface area contributed by atoms with Crippen LogP contribution in [0.4, 0.5) is 11.4 Å². The maximum absolute atomic E-state index is 6.27. The SMILES string of the molecule is NCc1scc(C2CCc3ccccc32)c1-c1cc(N)ccc1N. The summed E-state index contributed by atoms with van der Waals surface area (Å²) in [7, 11) is 0. The Morgan fingerprint density at radius 3 is 2.71 bits per heavy atom. The number of rotatable bonds is 3. The van der Waals surface area contributed by atoms with Gasteiger partial charge in [0.25, 0.3) is 0 Å². The first kappa shape index (κ1) is 15.2. The number of hydrogen-bond donors (Lipinski definition) is 3. The van der Waals surface area contributed by atoms with Gasteiger partial charge in [0.15, 0.2) is 0 Å². The Kier molecular flexibility index (Phi) is 3.79. The summed E-state index contributed by atoms with van der Waals surface area (Å²) < 4.78 is 0. The molecule has 0 amide bonds. The van der Waals surface area contributed by atoms with E-state index in [0.29, 0.717) is 12.5 Å². The van der Waals surface area contributed by atoms with Gasteiger partial charge in [-0.15, -0.1) is 11.3 Å². The summed E-state index contributed by atoms with van der Waals surface area (Å²) in [5, 5.41) is 2.26. The summed E-state index contributed by atoms with van der Waals surface area (Å²) in [4.78, 5) is 1.17. The van der Waals surface area contributed by atoms with Crippen LogP contribution in [0.25, 0.3) is 11.1 Å². The number of thiophene rings is 1. The van der Waals surface area contributed by atoms with Gasteiger partial charge in [-0.25, -0.2) is 0 Å². The van der Waals surface area contributed by atoms with Gasteiger partial charge < -0.3 is 17.2 Å². The number of anilines is 2. The average molecular weight is 335 g/mol. The molecule has 4 heteroatoms. The van der Waals surface area contributed by atoms with Gasteiger partial charge >= 0.3 is 0 Å². The van der Waals surface area contributed by atoms with Gasteiger partial charge in [0.2, 0.25) is 0 Å². The molecule has 6 N–H and O–H groups in total. The molecule has 1 aromatic heterocycles. The fraction of sp³-hybridized carbons (Fsp3) is 0.200. The van der Waals surface area contributed by atoms with Crippen LogP contribution in [0.5, 0.6) is 0 Å². The predicted molar refractivity (Wildman–Crippen MR) is 103 cm³/mol. The van der Waals surface area contributed by atoms with Crippen molar-refractivity contribution in [2.45, 2.75) is 25.3 Å². The van der Waals surface area contributed by atoms with Crippen LogP contribution in [-0.4, -0.2) is 0 Å². The van der Waals surface area contributed by atoms with Gasteiger partial charge in [0.05, 0.1) is 0 Å². The van der Waals surface area contributed by atoms with Crippen LogP contribution in [0, 0.1) is 0 Å². The molecular weight excluding hydrogens is 314 g/mol. The zero-order chi connectivity index (χ0) is 16.7. The third-order valence-corrected chi connectivity index (χ3v) is 5.96. The van der Waals surface area contributed by atoms with E-state index in [1.165, 1.54) is 27.1 Å². The molecule has 2 aromatic carbocycles. The number of nitrogens with two attached hydrogens (primary N) is 3. The molecule has 1 heterocycles. The van der Waals surface area contributed by atoms with Crippen LogP contribution in [0.2, 0.25) is 0 Å². The third kappa shape index (κ3) is 2.39. The average Bonchev–Trinajstić information content (AvgIpc) is 3.20. The lowest BCUT2D eigenvalue weighted by atomic mass is 9.88. The van der Waals surface area contributed by atoms with E-state index in [1.807, 2.05) is 18.2 Å². The summed E-state index contributed by atoms with van der Waals surface area (Å²) in [6.45, 7) is 0.516. The molecule has 122 valence electrons. The monoisotopic (exact) mass is 335 g/mol. The standard InChI is InChI=1S/C20H21N3S/c21-10-19-20(16-9-13(22)6-8-18(16)23)17(11-24-19)15-7-5-12-3-1-2-4-14(12)15/h1-4,6,8-9,11,15H,5,7,10,21-23H2. The highest BCUT2D eigenvalue weighted by Crippen LogP contribution is 2.46. The summed E-state index contributed by atoms with van der Waals surface area (Å²) in [6, 6.07) is 14.4. The van der Waals surface area contributed by atoms with E-state index in [4.69, 9.17) is 17.2 Å². The summed E-state index contributed by atoms with van der Waals surface area (Å²) in [5.74, 6) is 0.411. The van der Waals surface area contributed by atoms with E-state index in [0.717, 1.165) is 29.8 Å². The van der Waals surface area contributed by atoms with Crippen molar-refractivity contribution in [3.63, 3.8) is 0 Å². The molecule has 4 rings (SSSR count). The predicted octanol–water partition coefficient (Wildman–Crippen LogP) is 4.12. The first-order chi connectivity index (χ1) is 11.7. The van der Waals surface area contributed by atoms with Crippen molar-refractivity contribution >= 4 is 22.7 Å². The molecule has 0 saturated carbocycles. The Bertz CT molecular complexity index is 898. The van der Waals surface area contributed by atoms with Crippen molar-refractivity contribution in [1.29, 1.82) is 0 Å². The minimum absolute atomic E-state index is 0.411. The Hall–Kier alpha value is -2.30. The Morgan fingerprint density at radius 1 is 1.04 bits per heavy atom. The molecule has 0 bridgehead atoms. The van der Waals surface area contributed by atoms with Crippen molar-refractivity contribution in [2.24, 2.45) is 5.73 Å². The fourth-order valence-electron chi connectivity index (χ4n) is 3.80. The lowest BCUT2D eigenvalue weighted by molar-refractivity contribution is 0.792. The number of benzene rings is 2. The Morgan fingerprint density at radius 2 is 1.88 bits per heavy atom. The minimum atomic E-state index is 0.411. The molecule has 24 heavy (non-hydrogen) atoms. The first-order valence-electron chi connectivity index (χ1n) is 8.22. The van der Waals surface area contributed by atoms with Gasteiger partial charge in [-0.1, -0.05) is 24.3 Å². The molecule has 1 unspecified atom stereocenters. The second kappa shape index (κ2) is 5.96. The van der Waals surface area contributed by atoms with Gasteiger partial charge in [0, 0.05) is 39.8 Å². The summed E-state index contributed by atoms with van der Waals surface area (Å²) in [6.07, 6.45) is 2.26. The Labute approximate surface area is 146 Å². The molecule has 0 saturated heterocycles. The molecule has 1 aliphatic rings. The van der Waals surface area contributed by atoms with Crippen LogP contribution in [0.1, 0.15) is 33.9 Å². The van der Waals surface area contributed by atoms with Gasteiger partial charge in [-0.2, -0.15) is 0 Å². The van der Waals surface area contributed by atoms with Gasteiger partial charge in [-0.05, 0) is 53.1 Å². The normalized spacial score (nSPS) is 16.3. The van der Waals surface area contributed by atoms with Crippen LogP contribution in [-0.2, 0) is 13.0 Å². The van der Waals surface area contributed by atoms with Crippen molar-refractivity contribution in [1.82, 2.24) is 0 Å². The van der Waals surface area contributed by atoms with Crippen LogP contribution >= 0.6 is 11.3 Å². The topological polar surface area (TPSA) is 78.1 Å². The number of hydrogen-bond acceptors (Lipinski definition) is 4. The highest BCUT2D eigenvalue weighted by Gasteiger charge is 2.28. The molecule has 3 nitrogen and oxygen atoms in total. The van der Waals surface area contributed by atoms with Crippen molar-refractivity contribution < 1.29 is 0 Å². The van der Waals surface area contributed by atoms with E-state index in [-0.39, 0.29) is 0 Å². The van der Waals surface area contributed by atoms with Crippen LogP contribution in [0.3, 0.4) is 0 Å². The quantitative estimate of drug-likeness (QED) is 0.630. The number of aryl methyl sites for hydroxylation is 1. The van der Waals surface area contributed by atoms with E-state index in [9.17, 15) is 0 Å². The van der Waals surface area contributed by atoms with E-state index >= 15 is 0 Å². The first-order valence-corrected chi connectivity index (χ1v) is 9.10. The molecule has 0 spiro atoms. The zero-order valence-corrected chi connectivity index (χ0v) is 14.3. The van der Waals surface area contributed by atoms with Crippen molar-refractivity contribution in [2.75, 3.05) is 11.5 Å². The van der Waals surface area contributed by atoms with Crippen LogP contribution < -0.4 is 17.2 Å². The molecular formula is C20H21N3S. The maximum Gasteiger partial charge on any atom is 0.0395 e. The second-order valence-electron chi connectivity index (χ2n) is 6.33. The van der Waals surface area contributed by atoms with Gasteiger partial charge in [0.1, 0.15) is 0 Å². The summed E-state index contributed by atoms with van der Waals surface area (Å²) >= 11 is 1.73. The fourth-order valence-corrected chi connectivity index (χ4v) is 4.79. The second-order valence-corrected chi connectivity index (χ2v) is 7.29. The largest absolute Gasteiger partial charge is 0.399 e. The number of fused-ring (bicyclic) bond motifs is 1. The molecule has 0 aliphatic heterocycles. The molecule has 1 atom stereocenters. The minimum Gasteiger partial charge on any atom is -0.399 e. The number of nitrogen functional groups attached to an aromatic ring is 2. The molecule has 0 fully saturated rings. The highest BCUT2D eigenvalue weighted by molar-refractivity contribution is 7.10. The molecule has 3 aromatic rings. The Balaban J connectivity index is 1.90. The smallest absolute Gasteiger partial charge is 0.0395 e. The summed E-state index contributed by atoms with van der Waals surface area (Å²) in [5.41, 5.74) is 26.2. The van der Waals surface area contributed by atoms with E-state index in [2.05, 4.69) is 29.6 Å². The van der Waals surface area contributed by atoms with Gasteiger partial charge in [-0.3, -0.25) is 0 Å². The lowest BCUT2D eigenvalue weighted by Crippen LogP contribution is -2.02. The lowest BCUT2D eigenvalue weighted by Gasteiger charge is -2.16. The van der Waals surface area contributed by atoms with Crippen molar-refractivity contribution in [3.05, 3.63) is 69.4 Å². The molecule has 0 radical (unpaired) electrons. The third-order valence-electron chi connectivity index (χ3n) is 4.94. The van der Waals surface area contributed by atoms with E-state index < -0.39 is 0 Å². The zero-order valence-electron chi connectivity index (χ0n) is 13.5. The maximum atomic E-state index is 6.27. The van der Waals surface area contributed by atoms with Crippen molar-refractivity contribution in [3.8, 4) is 11.1 Å². The molecule has 1 aliphatic carbocycles.